The van der Waals surface area contributed by atoms with Crippen LogP contribution in [0.3, 0.4) is 0 Å². The first-order valence-electron chi connectivity index (χ1n) is 8.89. The number of ketones is 1. The Hall–Kier alpha value is -3.80. The predicted molar refractivity (Wildman–Crippen MR) is 114 cm³/mol. The summed E-state index contributed by atoms with van der Waals surface area (Å²) in [6.07, 6.45) is 0. The number of nitrogens with one attached hydrogen (secondary N) is 2. The van der Waals surface area contributed by atoms with Crippen LogP contribution >= 0.6 is 23.2 Å². The number of carbonyl (C=O) groups excluding carboxylic acids is 4. The molecule has 1 atom stereocenters. The molecule has 2 aromatic carbocycles. The van der Waals surface area contributed by atoms with Crippen molar-refractivity contribution in [2.24, 2.45) is 10.9 Å². The molecule has 4 rings (SSSR count). The molecule has 0 saturated carbocycles. The number of benzene rings is 2. The Morgan fingerprint density at radius 2 is 1.84 bits per heavy atom. The lowest BCUT2D eigenvalue weighted by Crippen LogP contribution is -2.55. The number of hydrazine groups is 1. The van der Waals surface area contributed by atoms with Crippen LogP contribution in [0.5, 0.6) is 0 Å². The number of hydrogen-bond acceptors (Lipinski definition) is 8. The zero-order valence-electron chi connectivity index (χ0n) is 15.8. The van der Waals surface area contributed by atoms with Crippen molar-refractivity contribution in [1.82, 2.24) is 15.8 Å². The van der Waals surface area contributed by atoms with Gasteiger partial charge in [0.2, 0.25) is 11.7 Å². The molecule has 13 heteroatoms. The number of piperidine rings is 1. The SMILES string of the molecule is NNC(=O)N/N=C1\C(=O)N(c2ccc(Cl)c(Cl)c2)C(=O)C(=O)[C@@H]1c1nc2ccccc2o1. The number of carbonyl (C=O) groups is 4. The number of imide groups is 1. The Balaban J connectivity index is 1.84. The van der Waals surface area contributed by atoms with Crippen molar-refractivity contribution in [2.75, 3.05) is 4.90 Å². The fourth-order valence-corrected chi connectivity index (χ4v) is 3.34. The molecule has 32 heavy (non-hydrogen) atoms. The second-order valence-electron chi connectivity index (χ2n) is 6.44. The topological polar surface area (TPSA) is 160 Å². The predicted octanol–water partition coefficient (Wildman–Crippen LogP) is 1.89. The minimum atomic E-state index is -1.60. The Morgan fingerprint density at radius 1 is 1.09 bits per heavy atom. The van der Waals surface area contributed by atoms with E-state index in [-0.39, 0.29) is 21.6 Å². The average molecular weight is 475 g/mol. The maximum atomic E-state index is 13.3. The fraction of sp³-hybridized carbons (Fsp3) is 0.0526. The summed E-state index contributed by atoms with van der Waals surface area (Å²) in [7, 11) is 0. The van der Waals surface area contributed by atoms with Crippen molar-refractivity contribution in [1.29, 1.82) is 0 Å². The van der Waals surface area contributed by atoms with Crippen LogP contribution in [0.1, 0.15) is 11.8 Å². The molecule has 0 radical (unpaired) electrons. The van der Waals surface area contributed by atoms with Crippen LogP contribution in [0.15, 0.2) is 52.0 Å². The number of Topliss-reactive ketones (excluding diaryl/α,β-unsaturated/α-hetero) is 1. The molecule has 0 unspecified atom stereocenters. The molecule has 0 spiro atoms. The number of fused-ring (bicyclic) bond motifs is 1. The number of hydrazone groups is 1. The second kappa shape index (κ2) is 8.38. The van der Waals surface area contributed by atoms with E-state index in [1.165, 1.54) is 18.2 Å². The molecule has 1 aliphatic rings. The molecule has 3 aromatic rings. The number of aromatic nitrogens is 1. The minimum Gasteiger partial charge on any atom is -0.439 e. The van der Waals surface area contributed by atoms with E-state index in [1.54, 1.807) is 29.7 Å². The van der Waals surface area contributed by atoms with Gasteiger partial charge in [0.05, 0.1) is 15.7 Å². The van der Waals surface area contributed by atoms with Crippen molar-refractivity contribution in [3.8, 4) is 0 Å². The number of amides is 4. The molecule has 2 heterocycles. The summed E-state index contributed by atoms with van der Waals surface area (Å²) in [5, 5.41) is 3.95. The molecule has 11 nitrogen and oxygen atoms in total. The van der Waals surface area contributed by atoms with Crippen molar-refractivity contribution in [3.05, 3.63) is 58.4 Å². The smallest absolute Gasteiger partial charge is 0.349 e. The first-order valence-corrected chi connectivity index (χ1v) is 9.64. The van der Waals surface area contributed by atoms with E-state index in [9.17, 15) is 19.2 Å². The first kappa shape index (κ1) is 21.4. The maximum Gasteiger partial charge on any atom is 0.349 e. The van der Waals surface area contributed by atoms with Gasteiger partial charge in [0.25, 0.3) is 5.91 Å². The third kappa shape index (κ3) is 3.68. The lowest BCUT2D eigenvalue weighted by Gasteiger charge is -2.28. The maximum absolute atomic E-state index is 13.3. The van der Waals surface area contributed by atoms with Gasteiger partial charge in [-0.05, 0) is 30.3 Å². The number of nitrogens with two attached hydrogens (primary N) is 1. The summed E-state index contributed by atoms with van der Waals surface area (Å²) in [6, 6.07) is 9.56. The summed E-state index contributed by atoms with van der Waals surface area (Å²) in [6.45, 7) is 0. The number of anilines is 1. The van der Waals surface area contributed by atoms with E-state index in [0.29, 0.717) is 16.0 Å². The Morgan fingerprint density at radius 3 is 2.53 bits per heavy atom. The largest absolute Gasteiger partial charge is 0.439 e. The van der Waals surface area contributed by atoms with Crippen molar-refractivity contribution in [3.63, 3.8) is 0 Å². The van der Waals surface area contributed by atoms with Crippen LogP contribution in [0, 0.1) is 0 Å². The summed E-state index contributed by atoms with van der Waals surface area (Å²) >= 11 is 11.9. The normalized spacial score (nSPS) is 17.8. The molecule has 1 aromatic heterocycles. The van der Waals surface area contributed by atoms with Crippen LogP contribution in [0.4, 0.5) is 10.5 Å². The van der Waals surface area contributed by atoms with Gasteiger partial charge in [-0.25, -0.2) is 25.9 Å². The summed E-state index contributed by atoms with van der Waals surface area (Å²) in [5.41, 5.74) is 3.93. The Bertz CT molecular complexity index is 1290. The van der Waals surface area contributed by atoms with Crippen molar-refractivity contribution in [2.45, 2.75) is 5.92 Å². The van der Waals surface area contributed by atoms with E-state index in [1.807, 2.05) is 5.43 Å². The lowest BCUT2D eigenvalue weighted by molar-refractivity contribution is -0.139. The Kier molecular flexibility index (Phi) is 5.61. The highest BCUT2D eigenvalue weighted by Crippen LogP contribution is 2.33. The van der Waals surface area contributed by atoms with Crippen LogP contribution < -0.4 is 21.6 Å². The summed E-state index contributed by atoms with van der Waals surface area (Å²) in [4.78, 5) is 55.5. The van der Waals surface area contributed by atoms with Gasteiger partial charge < -0.3 is 4.42 Å². The van der Waals surface area contributed by atoms with Crippen LogP contribution in [-0.2, 0) is 14.4 Å². The molecule has 4 N–H and O–H groups in total. The van der Waals surface area contributed by atoms with E-state index in [4.69, 9.17) is 33.5 Å². The summed E-state index contributed by atoms with van der Waals surface area (Å²) in [5.74, 6) is -0.0472. The highest BCUT2D eigenvalue weighted by molar-refractivity contribution is 6.67. The van der Waals surface area contributed by atoms with Gasteiger partial charge in [-0.2, -0.15) is 5.10 Å². The number of oxazole rings is 1. The number of nitrogens with zero attached hydrogens (tertiary/aromatic N) is 3. The van der Waals surface area contributed by atoms with Gasteiger partial charge in [-0.15, -0.1) is 0 Å². The third-order valence-electron chi connectivity index (χ3n) is 4.50. The molecule has 0 aliphatic carbocycles. The molecule has 4 amide bonds. The molecular weight excluding hydrogens is 463 g/mol. The zero-order valence-corrected chi connectivity index (χ0v) is 17.3. The molecular formula is C19H12Cl2N6O5. The quantitative estimate of drug-likeness (QED) is 0.171. The van der Waals surface area contributed by atoms with Gasteiger partial charge in [-0.1, -0.05) is 35.3 Å². The van der Waals surface area contributed by atoms with Gasteiger partial charge in [-0.3, -0.25) is 19.8 Å². The van der Waals surface area contributed by atoms with E-state index in [2.05, 4.69) is 10.1 Å². The number of rotatable bonds is 3. The molecule has 1 saturated heterocycles. The molecule has 162 valence electrons. The van der Waals surface area contributed by atoms with Gasteiger partial charge in [0, 0.05) is 0 Å². The van der Waals surface area contributed by atoms with Gasteiger partial charge in [0.15, 0.2) is 11.5 Å². The third-order valence-corrected chi connectivity index (χ3v) is 5.24. The highest BCUT2D eigenvalue weighted by atomic mass is 35.5. The lowest BCUT2D eigenvalue weighted by atomic mass is 9.91. The van der Waals surface area contributed by atoms with E-state index in [0.717, 1.165) is 0 Å². The monoisotopic (exact) mass is 474 g/mol. The fourth-order valence-electron chi connectivity index (χ4n) is 3.04. The van der Waals surface area contributed by atoms with E-state index < -0.39 is 35.3 Å². The standard InChI is InChI=1S/C19H12Cl2N6O5/c20-9-6-5-8(7-10(9)21)27-17(29)14(25-26-19(31)24-22)13(15(28)18(27)30)16-23-11-3-1-2-4-12(11)32-16/h1-7,13H,22H2,(H2,24,26,31)/b25-14-/t13-/m1/s1. The molecule has 1 fully saturated rings. The zero-order chi connectivity index (χ0) is 23.0. The number of urea groups is 1. The minimum absolute atomic E-state index is 0.0188. The first-order chi connectivity index (χ1) is 15.3. The highest BCUT2D eigenvalue weighted by Gasteiger charge is 2.49. The molecule has 1 aliphatic heterocycles. The van der Waals surface area contributed by atoms with Crippen molar-refractivity contribution < 1.29 is 23.6 Å². The number of hydrogen-bond donors (Lipinski definition) is 3. The number of halogens is 2. The van der Waals surface area contributed by atoms with E-state index >= 15 is 0 Å². The van der Waals surface area contributed by atoms with Gasteiger partial charge >= 0.3 is 11.9 Å². The number of para-hydroxylation sites is 2. The molecule has 0 bridgehead atoms. The van der Waals surface area contributed by atoms with Gasteiger partial charge in [0.1, 0.15) is 11.2 Å². The van der Waals surface area contributed by atoms with Crippen LogP contribution in [-0.4, -0.2) is 34.3 Å². The summed E-state index contributed by atoms with van der Waals surface area (Å²) < 4.78 is 5.59. The second-order valence-corrected chi connectivity index (χ2v) is 7.26. The van der Waals surface area contributed by atoms with Crippen LogP contribution in [0.25, 0.3) is 11.1 Å². The average Bonchev–Trinajstić information content (AvgIpc) is 3.21. The Labute approximate surface area is 189 Å². The van der Waals surface area contributed by atoms with Crippen LogP contribution in [0.2, 0.25) is 10.0 Å². The van der Waals surface area contributed by atoms with Crippen molar-refractivity contribution >= 4 is 69.3 Å².